The number of hydrogen-bond donors (Lipinski definition) is 5. The van der Waals surface area contributed by atoms with Crippen LogP contribution in [-0.2, 0) is 0 Å². The van der Waals surface area contributed by atoms with E-state index in [2.05, 4.69) is 285 Å². The average molecular weight is 1770 g/mol. The molecule has 0 atom stereocenters. The molecule has 0 saturated carbocycles. The zero-order valence-corrected chi connectivity index (χ0v) is 88.6. The van der Waals surface area contributed by atoms with E-state index in [0.29, 0.717) is 30.2 Å². The Bertz CT molecular complexity index is 3420. The Kier molecular flexibility index (Phi) is 43.0. The van der Waals surface area contributed by atoms with E-state index in [1.807, 2.05) is 0 Å². The van der Waals surface area contributed by atoms with Crippen molar-refractivity contribution in [3.8, 4) is 0 Å². The first-order valence-electron chi connectivity index (χ1n) is 52.6. The van der Waals surface area contributed by atoms with E-state index in [1.165, 1.54) is 64.3 Å². The molecule has 5 aliphatic heterocycles. The van der Waals surface area contributed by atoms with Crippen molar-refractivity contribution in [2.75, 3.05) is 131 Å². The molecule has 5 saturated heterocycles. The number of nitrogens with zero attached hydrogens (tertiary/aromatic N) is 18. The van der Waals surface area contributed by atoms with Gasteiger partial charge in [-0.15, -0.1) is 0 Å². The average Bonchev–Trinajstić information content (AvgIpc) is 0.780. The summed E-state index contributed by atoms with van der Waals surface area (Å²) in [7, 11) is 2.36. The molecule has 0 spiro atoms. The Morgan fingerprint density at radius 3 is 0.567 bits per heavy atom. The lowest BCUT2D eigenvalue weighted by Crippen LogP contribution is -2.63. The van der Waals surface area contributed by atoms with Crippen molar-refractivity contribution in [2.24, 2.45) is 0 Å². The summed E-state index contributed by atoms with van der Waals surface area (Å²) in [5, 5.41) is 19.7. The highest BCUT2D eigenvalue weighted by Crippen LogP contribution is 2.41. The normalized spacial score (nSPS) is 20.1. The number of aryl methyl sites for hydroxylation is 1. The molecule has 127 heavy (non-hydrogen) atoms. The topological polar surface area (TPSA) is 205 Å². The van der Waals surface area contributed by atoms with Gasteiger partial charge in [0.15, 0.2) is 0 Å². The molecule has 8 rings (SSSR count). The molecule has 0 radical (unpaired) electrons. The maximum absolute atomic E-state index is 5.53. The summed E-state index contributed by atoms with van der Waals surface area (Å²) >= 11 is 0. The van der Waals surface area contributed by atoms with Gasteiger partial charge in [0.1, 0.15) is 5.82 Å². The number of unbranched alkanes of at least 4 members (excludes halogenated alkanes) is 15. The minimum Gasteiger partial charge on any atom is -0.341 e. The minimum atomic E-state index is -0.0196. The van der Waals surface area contributed by atoms with Crippen LogP contribution >= 0.6 is 0 Å². The first kappa shape index (κ1) is 109. The van der Waals surface area contributed by atoms with Gasteiger partial charge < -0.3 is 70.7 Å². The van der Waals surface area contributed by atoms with Crippen LogP contribution in [0.4, 0.5) is 47.6 Å². The summed E-state index contributed by atoms with van der Waals surface area (Å²) in [6.07, 6.45) is 40.7. The number of nitrogens with one attached hydrogen (secondary N) is 5. The third kappa shape index (κ3) is 36.5. The smallest absolute Gasteiger partial charge is 0.232 e. The molecule has 8 heterocycles. The van der Waals surface area contributed by atoms with E-state index in [0.717, 1.165) is 305 Å². The van der Waals surface area contributed by atoms with Gasteiger partial charge in [-0.2, -0.15) is 44.9 Å². The molecule has 5 fully saturated rings. The first-order chi connectivity index (χ1) is 59.7. The third-order valence-corrected chi connectivity index (χ3v) is 27.5. The van der Waals surface area contributed by atoms with E-state index in [1.54, 1.807) is 0 Å². The summed E-state index contributed by atoms with van der Waals surface area (Å²) in [6.45, 7) is 82.8. The number of rotatable bonds is 54. The third-order valence-electron chi connectivity index (χ3n) is 27.5. The van der Waals surface area contributed by atoms with Crippen LogP contribution in [0.25, 0.3) is 0 Å². The largest absolute Gasteiger partial charge is 0.341 e. The van der Waals surface area contributed by atoms with Gasteiger partial charge in [-0.3, -0.25) is 0 Å². The highest BCUT2D eigenvalue weighted by atomic mass is 15.4. The van der Waals surface area contributed by atoms with Crippen LogP contribution in [0.15, 0.2) is 0 Å². The van der Waals surface area contributed by atoms with Gasteiger partial charge >= 0.3 is 0 Å². The van der Waals surface area contributed by atoms with Crippen molar-refractivity contribution in [1.29, 1.82) is 0 Å². The number of piperidine rings is 5. The summed E-state index contributed by atoms with van der Waals surface area (Å²) < 4.78 is 0. The number of anilines is 8. The lowest BCUT2D eigenvalue weighted by atomic mass is 9.79. The van der Waals surface area contributed by atoms with Crippen LogP contribution in [-0.4, -0.2) is 227 Å². The van der Waals surface area contributed by atoms with E-state index < -0.39 is 0 Å². The monoisotopic (exact) mass is 1770 g/mol. The Hall–Kier alpha value is -4.81. The fourth-order valence-electron chi connectivity index (χ4n) is 23.0. The van der Waals surface area contributed by atoms with Crippen molar-refractivity contribution < 1.29 is 0 Å². The summed E-state index contributed by atoms with van der Waals surface area (Å²) in [6, 6.07) is 1.94. The lowest BCUT2D eigenvalue weighted by molar-refractivity contribution is 0.0805. The van der Waals surface area contributed by atoms with Crippen LogP contribution in [0.3, 0.4) is 0 Å². The molecular weight excluding hydrogens is 1570 g/mol. The Balaban J connectivity index is 0.000000368. The molecule has 5 N–H and O–H groups in total. The van der Waals surface area contributed by atoms with E-state index in [9.17, 15) is 0 Å². The van der Waals surface area contributed by atoms with Gasteiger partial charge in [0.2, 0.25) is 47.6 Å². The second kappa shape index (κ2) is 50.0. The van der Waals surface area contributed by atoms with E-state index in [-0.39, 0.29) is 55.4 Å². The molecule has 732 valence electrons. The predicted molar refractivity (Wildman–Crippen MR) is 548 cm³/mol. The van der Waals surface area contributed by atoms with Gasteiger partial charge in [0.25, 0.3) is 0 Å². The van der Waals surface area contributed by atoms with Gasteiger partial charge in [-0.25, -0.2) is 0 Å². The van der Waals surface area contributed by atoms with Crippen molar-refractivity contribution in [2.45, 2.75) is 524 Å². The minimum absolute atomic E-state index is 0.0164. The first-order valence-corrected chi connectivity index (χ1v) is 52.6. The Morgan fingerprint density at radius 2 is 0.362 bits per heavy atom. The Labute approximate surface area is 781 Å². The maximum Gasteiger partial charge on any atom is 0.232 e. The molecular formula is C104H201N23. The maximum atomic E-state index is 5.53. The highest BCUT2D eigenvalue weighted by Gasteiger charge is 2.47. The van der Waals surface area contributed by atoms with Crippen molar-refractivity contribution in [3.05, 3.63) is 5.82 Å². The number of aromatic nitrogens is 9. The molecule has 23 nitrogen and oxygen atoms in total. The van der Waals surface area contributed by atoms with Crippen molar-refractivity contribution >= 4 is 47.6 Å². The van der Waals surface area contributed by atoms with Crippen LogP contribution in [0.5, 0.6) is 0 Å². The molecule has 5 aliphatic rings. The van der Waals surface area contributed by atoms with E-state index >= 15 is 0 Å². The molecule has 3 aromatic rings. The second-order valence-corrected chi connectivity index (χ2v) is 46.9. The SMILES string of the molecule is CCCCN(CCCC)c1nc(N(CCCC)CCCC)nc(N(CCCCCCN(C)C2CC(C)(C)NC(C)(C)C2)C2CC(C)(C)NC(C)(C)C2)n1.CCCCN(CCCC)c1nc(N(CCCC)CCCC)nc(N(CCCCCCN(c2nc(C)nc(N(CCCC)C3CC(C)(C)NC(C)(C)C3)n2)C2CC(C)(C)NC(C)(C)C2)C2CC(C)(C)NC(C)(C)C2)n1. The Morgan fingerprint density at radius 1 is 0.205 bits per heavy atom. The molecule has 0 aliphatic carbocycles. The highest BCUT2D eigenvalue weighted by molar-refractivity contribution is 5.50. The molecule has 23 heteroatoms. The zero-order valence-electron chi connectivity index (χ0n) is 88.6. The quantitative estimate of drug-likeness (QED) is 0.0333. The van der Waals surface area contributed by atoms with Crippen LogP contribution in [0.1, 0.15) is 438 Å². The van der Waals surface area contributed by atoms with Gasteiger partial charge in [0, 0.05) is 164 Å². The molecule has 0 amide bonds. The predicted octanol–water partition coefficient (Wildman–Crippen LogP) is 22.2. The molecule has 0 bridgehead atoms. The summed E-state index contributed by atoms with van der Waals surface area (Å²) in [4.78, 5) is 71.5. The number of hydrogen-bond acceptors (Lipinski definition) is 23. The summed E-state index contributed by atoms with van der Waals surface area (Å²) in [5.74, 6) is 7.77. The van der Waals surface area contributed by atoms with Crippen LogP contribution in [0, 0.1) is 6.92 Å². The molecule has 3 aromatic heterocycles. The molecule has 0 unspecified atom stereocenters. The van der Waals surface area contributed by atoms with Crippen molar-refractivity contribution in [1.82, 2.24) is 76.3 Å². The molecule has 0 aromatic carbocycles. The fraction of sp³-hybridized carbons (Fsp3) is 0.913. The lowest BCUT2D eigenvalue weighted by Gasteiger charge is -2.50. The van der Waals surface area contributed by atoms with Crippen LogP contribution in [0.2, 0.25) is 0 Å². The van der Waals surface area contributed by atoms with Crippen LogP contribution < -0.4 is 65.8 Å². The zero-order chi connectivity index (χ0) is 93.8. The fourth-order valence-corrected chi connectivity index (χ4v) is 23.0. The standard InChI is InChI=1S/C60H114N14.C44H87N9/c1-19-24-33-70(34-25-20-2)50-63-51(71(35-26-21-3)36-27-22-4)65-54(64-50)74(49-44-59(15,16)69-60(17,18)45-49)39-32-30-29-31-38-73(48-42-57(11,12)68-58(13,14)43-48)53-62-46(6)61-52(66-53)72(37-28-23-5)47-40-55(7,8)67-56(9,10)41-47;1-14-18-27-51(28-19-15-2)38-45-39(52(29-20-16-3)30-21-17-4)47-40(46-38)53(37-34-43(9,10)49-44(11,12)35-37)31-25-23-22-24-26-50(13)36-32-41(5,6)48-42(7,8)33-36/h47-49,67-69H,19-45H2,1-18H3;36-37,48-49H,14-35H2,1-13H3. The summed E-state index contributed by atoms with van der Waals surface area (Å²) in [5.41, 5.74) is 0.398. The van der Waals surface area contributed by atoms with Gasteiger partial charge in [-0.1, -0.05) is 146 Å². The second-order valence-electron chi connectivity index (χ2n) is 46.9. The van der Waals surface area contributed by atoms with Crippen molar-refractivity contribution in [3.63, 3.8) is 0 Å². The van der Waals surface area contributed by atoms with Gasteiger partial charge in [0.05, 0.1) is 0 Å². The van der Waals surface area contributed by atoms with Gasteiger partial charge in [-0.05, 0) is 307 Å². The van der Waals surface area contributed by atoms with E-state index in [4.69, 9.17) is 44.9 Å².